The normalized spacial score (nSPS) is 16.0. The van der Waals surface area contributed by atoms with E-state index in [1.54, 1.807) is 18.2 Å². The number of carboxylic acid groups (broad SMARTS) is 1. The first-order chi connectivity index (χ1) is 10.0. The van der Waals surface area contributed by atoms with Crippen LogP contribution in [-0.2, 0) is 9.59 Å². The van der Waals surface area contributed by atoms with Crippen molar-refractivity contribution in [2.24, 2.45) is 5.41 Å². The number of halogens is 1. The van der Waals surface area contributed by atoms with Gasteiger partial charge in [0.05, 0.1) is 12.2 Å². The third-order valence-corrected chi connectivity index (χ3v) is 4.85. The van der Waals surface area contributed by atoms with E-state index in [1.165, 1.54) is 6.07 Å². The summed E-state index contributed by atoms with van der Waals surface area (Å²) in [5, 5.41) is 11.7. The van der Waals surface area contributed by atoms with Gasteiger partial charge in [0, 0.05) is 11.4 Å². The Kier molecular flexibility index (Phi) is 5.22. The zero-order valence-corrected chi connectivity index (χ0v) is 12.4. The topological polar surface area (TPSA) is 66.4 Å². The van der Waals surface area contributed by atoms with E-state index in [1.807, 2.05) is 0 Å². The number of rotatable bonds is 7. The van der Waals surface area contributed by atoms with Crippen LogP contribution in [0.5, 0.6) is 0 Å². The van der Waals surface area contributed by atoms with E-state index < -0.39 is 5.97 Å². The molecule has 1 aromatic rings. The first kappa shape index (κ1) is 15.8. The van der Waals surface area contributed by atoms with Gasteiger partial charge in [-0.05, 0) is 30.4 Å². The van der Waals surface area contributed by atoms with Gasteiger partial charge >= 0.3 is 5.97 Å². The van der Waals surface area contributed by atoms with Gasteiger partial charge in [-0.3, -0.25) is 9.59 Å². The molecule has 6 heteroatoms. The molecule has 0 atom stereocenters. The standard InChI is InChI=1S/C15H18FNO3S/c16-11-4-1-2-5-12(11)21-9-13(18)17-10-15(6-3-7-15)8-14(19)20/h1-2,4-5H,3,6-10H2,(H,17,18)(H,19,20). The zero-order valence-electron chi connectivity index (χ0n) is 11.6. The minimum absolute atomic E-state index is 0.0910. The van der Waals surface area contributed by atoms with Crippen LogP contribution in [-0.4, -0.2) is 29.3 Å². The maximum Gasteiger partial charge on any atom is 0.303 e. The second-order valence-corrected chi connectivity index (χ2v) is 6.44. The molecule has 1 aliphatic carbocycles. The number of amides is 1. The Bertz CT molecular complexity index is 531. The van der Waals surface area contributed by atoms with Crippen LogP contribution >= 0.6 is 11.8 Å². The molecule has 1 amide bonds. The van der Waals surface area contributed by atoms with Crippen molar-refractivity contribution in [1.29, 1.82) is 0 Å². The summed E-state index contributed by atoms with van der Waals surface area (Å²) in [6.45, 7) is 0.385. The molecule has 2 rings (SSSR count). The fraction of sp³-hybridized carbons (Fsp3) is 0.467. The van der Waals surface area contributed by atoms with E-state index in [0.29, 0.717) is 11.4 Å². The van der Waals surface area contributed by atoms with Crippen molar-refractivity contribution in [3.05, 3.63) is 30.1 Å². The van der Waals surface area contributed by atoms with Crippen molar-refractivity contribution < 1.29 is 19.1 Å². The van der Waals surface area contributed by atoms with Gasteiger partial charge in [0.15, 0.2) is 0 Å². The second-order valence-electron chi connectivity index (χ2n) is 5.42. The summed E-state index contributed by atoms with van der Waals surface area (Å²) >= 11 is 1.14. The minimum Gasteiger partial charge on any atom is -0.481 e. The summed E-state index contributed by atoms with van der Waals surface area (Å²) in [4.78, 5) is 23.1. The molecule has 2 N–H and O–H groups in total. The Morgan fingerprint density at radius 1 is 1.33 bits per heavy atom. The maximum absolute atomic E-state index is 13.4. The number of nitrogens with one attached hydrogen (secondary N) is 1. The van der Waals surface area contributed by atoms with Crippen molar-refractivity contribution in [3.8, 4) is 0 Å². The Morgan fingerprint density at radius 2 is 2.05 bits per heavy atom. The van der Waals surface area contributed by atoms with Gasteiger partial charge in [-0.1, -0.05) is 18.6 Å². The predicted octanol–water partition coefficient (Wildman–Crippen LogP) is 2.68. The van der Waals surface area contributed by atoms with Crippen LogP contribution in [0.4, 0.5) is 4.39 Å². The third kappa shape index (κ3) is 4.46. The number of benzene rings is 1. The monoisotopic (exact) mass is 311 g/mol. The molecule has 0 bridgehead atoms. The van der Waals surface area contributed by atoms with Gasteiger partial charge in [0.25, 0.3) is 0 Å². The molecule has 1 aliphatic rings. The first-order valence-corrected chi connectivity index (χ1v) is 7.85. The van der Waals surface area contributed by atoms with Crippen molar-refractivity contribution in [2.75, 3.05) is 12.3 Å². The van der Waals surface area contributed by atoms with Crippen molar-refractivity contribution >= 4 is 23.6 Å². The number of carboxylic acids is 1. The average Bonchev–Trinajstić information content (AvgIpc) is 2.40. The number of hydrogen-bond donors (Lipinski definition) is 2. The number of carbonyl (C=O) groups is 2. The van der Waals surface area contributed by atoms with Crippen molar-refractivity contribution in [1.82, 2.24) is 5.32 Å². The highest BCUT2D eigenvalue weighted by Gasteiger charge is 2.39. The van der Waals surface area contributed by atoms with Gasteiger partial charge in [0.1, 0.15) is 5.82 Å². The highest BCUT2D eigenvalue weighted by Crippen LogP contribution is 2.43. The van der Waals surface area contributed by atoms with Gasteiger partial charge in [-0.25, -0.2) is 4.39 Å². The molecule has 1 aromatic carbocycles. The maximum atomic E-state index is 13.4. The molecule has 21 heavy (non-hydrogen) atoms. The van der Waals surface area contributed by atoms with Crippen LogP contribution < -0.4 is 5.32 Å². The third-order valence-electron chi connectivity index (χ3n) is 3.80. The lowest BCUT2D eigenvalue weighted by atomic mass is 9.66. The van der Waals surface area contributed by atoms with Crippen LogP contribution in [0, 0.1) is 11.2 Å². The average molecular weight is 311 g/mol. The molecular formula is C15H18FNO3S. The largest absolute Gasteiger partial charge is 0.481 e. The fourth-order valence-corrected chi connectivity index (χ4v) is 3.23. The molecular weight excluding hydrogens is 293 g/mol. The zero-order chi connectivity index (χ0) is 15.3. The lowest BCUT2D eigenvalue weighted by Gasteiger charge is -2.40. The number of thioether (sulfide) groups is 1. The molecule has 1 saturated carbocycles. The Balaban J connectivity index is 1.77. The molecule has 0 unspecified atom stereocenters. The molecule has 0 saturated heterocycles. The van der Waals surface area contributed by atoms with Crippen LogP contribution in [0.2, 0.25) is 0 Å². The molecule has 4 nitrogen and oxygen atoms in total. The SMILES string of the molecule is O=C(O)CC1(CNC(=O)CSc2ccccc2F)CCC1. The quantitative estimate of drug-likeness (QED) is 0.760. The summed E-state index contributed by atoms with van der Waals surface area (Å²) in [5.74, 6) is -1.23. The molecule has 0 radical (unpaired) electrons. The molecule has 1 fully saturated rings. The van der Waals surface area contributed by atoms with Crippen LogP contribution in [0.1, 0.15) is 25.7 Å². The van der Waals surface area contributed by atoms with Gasteiger partial charge in [-0.2, -0.15) is 0 Å². The van der Waals surface area contributed by atoms with E-state index in [-0.39, 0.29) is 29.3 Å². The summed E-state index contributed by atoms with van der Waals surface area (Å²) in [6, 6.07) is 6.31. The summed E-state index contributed by atoms with van der Waals surface area (Å²) in [5.41, 5.74) is -0.288. The van der Waals surface area contributed by atoms with E-state index in [0.717, 1.165) is 31.0 Å². The lowest BCUT2D eigenvalue weighted by molar-refractivity contribution is -0.141. The number of hydrogen-bond acceptors (Lipinski definition) is 3. The van der Waals surface area contributed by atoms with Crippen LogP contribution in [0.3, 0.4) is 0 Å². The smallest absolute Gasteiger partial charge is 0.303 e. The molecule has 114 valence electrons. The molecule has 0 aliphatic heterocycles. The minimum atomic E-state index is -0.829. The predicted molar refractivity (Wildman–Crippen MR) is 78.7 cm³/mol. The fourth-order valence-electron chi connectivity index (χ4n) is 2.46. The molecule has 0 aromatic heterocycles. The Morgan fingerprint density at radius 3 is 2.62 bits per heavy atom. The summed E-state index contributed by atoms with van der Waals surface area (Å²) in [6.07, 6.45) is 2.76. The van der Waals surface area contributed by atoms with Crippen molar-refractivity contribution in [3.63, 3.8) is 0 Å². The lowest BCUT2D eigenvalue weighted by Crippen LogP contribution is -2.44. The second kappa shape index (κ2) is 6.93. The van der Waals surface area contributed by atoms with E-state index in [2.05, 4.69) is 5.32 Å². The molecule has 0 spiro atoms. The number of aliphatic carboxylic acids is 1. The Labute approximate surface area is 127 Å². The highest BCUT2D eigenvalue weighted by atomic mass is 32.2. The van der Waals surface area contributed by atoms with Gasteiger partial charge in [0.2, 0.25) is 5.91 Å². The van der Waals surface area contributed by atoms with E-state index in [4.69, 9.17) is 5.11 Å². The van der Waals surface area contributed by atoms with Crippen molar-refractivity contribution in [2.45, 2.75) is 30.6 Å². The van der Waals surface area contributed by atoms with Gasteiger partial charge < -0.3 is 10.4 Å². The summed E-state index contributed by atoms with van der Waals surface area (Å²) < 4.78 is 13.4. The molecule has 0 heterocycles. The van der Waals surface area contributed by atoms with Gasteiger partial charge in [-0.15, -0.1) is 11.8 Å². The number of carbonyl (C=O) groups excluding carboxylic acids is 1. The van der Waals surface area contributed by atoms with E-state index in [9.17, 15) is 14.0 Å². The Hall–Kier alpha value is -1.56. The van der Waals surface area contributed by atoms with Crippen LogP contribution in [0.15, 0.2) is 29.2 Å². The van der Waals surface area contributed by atoms with Crippen LogP contribution in [0.25, 0.3) is 0 Å². The summed E-state index contributed by atoms with van der Waals surface area (Å²) in [7, 11) is 0. The van der Waals surface area contributed by atoms with E-state index >= 15 is 0 Å². The first-order valence-electron chi connectivity index (χ1n) is 6.87. The highest BCUT2D eigenvalue weighted by molar-refractivity contribution is 8.00.